The molecular formula is C8H8F3NO. The van der Waals surface area contributed by atoms with Gasteiger partial charge in [0.25, 0.3) is 0 Å². The molecule has 0 amide bonds. The Morgan fingerprint density at radius 1 is 1.46 bits per heavy atom. The van der Waals surface area contributed by atoms with Crippen molar-refractivity contribution in [3.8, 4) is 0 Å². The highest BCUT2D eigenvalue weighted by atomic mass is 19.4. The van der Waals surface area contributed by atoms with E-state index >= 15 is 0 Å². The fraction of sp³-hybridized carbons (Fsp3) is 0.375. The Morgan fingerprint density at radius 2 is 2.00 bits per heavy atom. The van der Waals surface area contributed by atoms with Crippen molar-refractivity contribution in [3.63, 3.8) is 0 Å². The molecule has 0 aliphatic rings. The molecule has 13 heavy (non-hydrogen) atoms. The molecule has 1 N–H and O–H groups in total. The largest absolute Gasteiger partial charge is 0.431 e. The van der Waals surface area contributed by atoms with Crippen LogP contribution >= 0.6 is 0 Å². The first-order valence-electron chi connectivity index (χ1n) is 3.60. The van der Waals surface area contributed by atoms with Gasteiger partial charge < -0.3 is 4.98 Å². The molecule has 0 aliphatic carbocycles. The van der Waals surface area contributed by atoms with Crippen molar-refractivity contribution in [1.82, 2.24) is 4.98 Å². The lowest BCUT2D eigenvalue weighted by Gasteiger charge is -2.00. The van der Waals surface area contributed by atoms with Crippen molar-refractivity contribution >= 4 is 5.78 Å². The van der Waals surface area contributed by atoms with Crippen LogP contribution in [0.5, 0.6) is 0 Å². The predicted octanol–water partition coefficient (Wildman–Crippen LogP) is 2.54. The van der Waals surface area contributed by atoms with Gasteiger partial charge in [-0.2, -0.15) is 13.2 Å². The number of carbonyl (C=O) groups excluding carboxylic acids is 1. The van der Waals surface area contributed by atoms with Gasteiger partial charge in [0, 0.05) is 11.3 Å². The number of aryl methyl sites for hydroxylation is 1. The van der Waals surface area contributed by atoms with Gasteiger partial charge in [0.05, 0.1) is 0 Å². The molecule has 0 radical (unpaired) electrons. The Labute approximate surface area is 72.8 Å². The summed E-state index contributed by atoms with van der Waals surface area (Å²) < 4.78 is 36.3. The fourth-order valence-corrected chi connectivity index (χ4v) is 1.08. The lowest BCUT2D eigenvalue weighted by Crippen LogP contribution is -2.04. The molecule has 0 saturated heterocycles. The van der Waals surface area contributed by atoms with Crippen LogP contribution in [0, 0.1) is 6.92 Å². The molecule has 0 bridgehead atoms. The Balaban J connectivity index is 3.17. The maximum absolute atomic E-state index is 12.1. The van der Waals surface area contributed by atoms with Crippen LogP contribution in [0.25, 0.3) is 0 Å². The number of nitrogens with one attached hydrogen (secondary N) is 1. The zero-order chi connectivity index (χ0) is 10.2. The first-order valence-corrected chi connectivity index (χ1v) is 3.60. The van der Waals surface area contributed by atoms with Crippen molar-refractivity contribution in [3.05, 3.63) is 23.0 Å². The number of aromatic amines is 1. The van der Waals surface area contributed by atoms with Gasteiger partial charge in [-0.25, -0.2) is 0 Å². The van der Waals surface area contributed by atoms with Crippen molar-refractivity contribution in [2.45, 2.75) is 20.0 Å². The fourth-order valence-electron chi connectivity index (χ4n) is 1.08. The molecule has 0 aromatic carbocycles. The van der Waals surface area contributed by atoms with E-state index < -0.39 is 11.9 Å². The minimum absolute atomic E-state index is 0.0901. The van der Waals surface area contributed by atoms with Gasteiger partial charge in [0.2, 0.25) is 0 Å². The van der Waals surface area contributed by atoms with Gasteiger partial charge in [-0.15, -0.1) is 0 Å². The summed E-state index contributed by atoms with van der Waals surface area (Å²) in [7, 11) is 0. The molecular weight excluding hydrogens is 183 g/mol. The molecule has 5 heteroatoms. The summed E-state index contributed by atoms with van der Waals surface area (Å²) in [5.74, 6) is -0.371. The number of alkyl halides is 3. The summed E-state index contributed by atoms with van der Waals surface area (Å²) in [6, 6.07) is 0.831. The lowest BCUT2D eigenvalue weighted by atomic mass is 10.2. The molecule has 0 unspecified atom stereocenters. The quantitative estimate of drug-likeness (QED) is 0.680. The summed E-state index contributed by atoms with van der Waals surface area (Å²) in [6.07, 6.45) is -4.42. The molecule has 1 heterocycles. The van der Waals surface area contributed by atoms with E-state index in [9.17, 15) is 18.0 Å². The zero-order valence-electron chi connectivity index (χ0n) is 7.12. The van der Waals surface area contributed by atoms with Crippen LogP contribution in [0.15, 0.2) is 6.07 Å². The number of Topliss-reactive ketones (excluding diaryl/α,β-unsaturated/α-hetero) is 1. The number of H-pyrrole nitrogens is 1. The van der Waals surface area contributed by atoms with Crippen LogP contribution in [0.3, 0.4) is 0 Å². The first-order chi connectivity index (χ1) is 5.82. The average Bonchev–Trinajstić information content (AvgIpc) is 2.29. The van der Waals surface area contributed by atoms with Gasteiger partial charge in [0.15, 0.2) is 5.78 Å². The zero-order valence-corrected chi connectivity index (χ0v) is 7.12. The summed E-state index contributed by atoms with van der Waals surface area (Å²) in [6.45, 7) is 2.67. The second kappa shape index (κ2) is 2.90. The molecule has 0 spiro atoms. The second-order valence-corrected chi connectivity index (χ2v) is 2.78. The third kappa shape index (κ3) is 1.91. The maximum atomic E-state index is 12.1. The minimum atomic E-state index is -4.42. The van der Waals surface area contributed by atoms with E-state index in [-0.39, 0.29) is 17.0 Å². The molecule has 1 rings (SSSR count). The van der Waals surface area contributed by atoms with E-state index in [4.69, 9.17) is 0 Å². The lowest BCUT2D eigenvalue weighted by molar-refractivity contribution is -0.140. The highest BCUT2D eigenvalue weighted by molar-refractivity contribution is 5.95. The highest BCUT2D eigenvalue weighted by Crippen LogP contribution is 2.29. The topological polar surface area (TPSA) is 32.9 Å². The Hall–Kier alpha value is -1.26. The number of hydrogen-bond acceptors (Lipinski definition) is 1. The van der Waals surface area contributed by atoms with Crippen LogP contribution in [0.2, 0.25) is 0 Å². The second-order valence-electron chi connectivity index (χ2n) is 2.78. The van der Waals surface area contributed by atoms with Gasteiger partial charge in [0.1, 0.15) is 5.69 Å². The molecule has 2 nitrogen and oxygen atoms in total. The summed E-state index contributed by atoms with van der Waals surface area (Å²) in [5, 5.41) is 0. The number of ketones is 1. The molecule has 72 valence electrons. The van der Waals surface area contributed by atoms with Crippen LogP contribution in [-0.2, 0) is 6.18 Å². The van der Waals surface area contributed by atoms with E-state index in [0.717, 1.165) is 6.07 Å². The Kier molecular flexibility index (Phi) is 2.19. The van der Waals surface area contributed by atoms with E-state index in [1.54, 1.807) is 0 Å². The van der Waals surface area contributed by atoms with Gasteiger partial charge in [-0.1, -0.05) is 0 Å². The third-order valence-electron chi connectivity index (χ3n) is 1.70. The molecule has 1 aromatic rings. The molecule has 1 aromatic heterocycles. The molecule has 0 aliphatic heterocycles. The van der Waals surface area contributed by atoms with E-state index in [1.807, 2.05) is 0 Å². The standard InChI is InChI=1S/C8H8F3NO/c1-4-6(5(2)13)3-7(12-4)8(9,10)11/h3,12H,1-2H3. The van der Waals surface area contributed by atoms with E-state index in [0.29, 0.717) is 0 Å². The van der Waals surface area contributed by atoms with Crippen LogP contribution in [0.4, 0.5) is 13.2 Å². The average molecular weight is 191 g/mol. The van der Waals surface area contributed by atoms with Crippen molar-refractivity contribution in [1.29, 1.82) is 0 Å². The Bertz CT molecular complexity index is 338. The van der Waals surface area contributed by atoms with E-state index in [2.05, 4.69) is 4.98 Å². The maximum Gasteiger partial charge on any atom is 0.431 e. The minimum Gasteiger partial charge on any atom is -0.355 e. The number of hydrogen-bond donors (Lipinski definition) is 1. The number of aromatic nitrogens is 1. The predicted molar refractivity (Wildman–Crippen MR) is 40.5 cm³/mol. The van der Waals surface area contributed by atoms with Gasteiger partial charge >= 0.3 is 6.18 Å². The molecule has 0 saturated carbocycles. The van der Waals surface area contributed by atoms with Crippen molar-refractivity contribution in [2.24, 2.45) is 0 Å². The number of halogens is 3. The normalized spacial score (nSPS) is 11.8. The SMILES string of the molecule is CC(=O)c1cc(C(F)(F)F)[nH]c1C. The smallest absolute Gasteiger partial charge is 0.355 e. The number of rotatable bonds is 1. The Morgan fingerprint density at radius 3 is 2.23 bits per heavy atom. The monoisotopic (exact) mass is 191 g/mol. The van der Waals surface area contributed by atoms with Crippen molar-refractivity contribution in [2.75, 3.05) is 0 Å². The van der Waals surface area contributed by atoms with Crippen molar-refractivity contribution < 1.29 is 18.0 Å². The van der Waals surface area contributed by atoms with E-state index in [1.165, 1.54) is 13.8 Å². The van der Waals surface area contributed by atoms with Crippen LogP contribution < -0.4 is 0 Å². The summed E-state index contributed by atoms with van der Waals surface area (Å²) in [5.41, 5.74) is -0.539. The third-order valence-corrected chi connectivity index (χ3v) is 1.70. The van der Waals surface area contributed by atoms with Gasteiger partial charge in [-0.3, -0.25) is 4.79 Å². The van der Waals surface area contributed by atoms with Crippen LogP contribution in [0.1, 0.15) is 28.7 Å². The summed E-state index contributed by atoms with van der Waals surface area (Å²) >= 11 is 0. The van der Waals surface area contributed by atoms with Crippen LogP contribution in [-0.4, -0.2) is 10.8 Å². The number of carbonyl (C=O) groups is 1. The first kappa shape index (κ1) is 9.83. The highest BCUT2D eigenvalue weighted by Gasteiger charge is 2.33. The molecule has 0 fully saturated rings. The molecule has 0 atom stereocenters. The van der Waals surface area contributed by atoms with Gasteiger partial charge in [-0.05, 0) is 19.9 Å². The summed E-state index contributed by atoms with van der Waals surface area (Å²) in [4.78, 5) is 12.9.